The molecule has 1 aromatic heterocycles. The Morgan fingerprint density at radius 3 is 2.83 bits per heavy atom. The maximum Gasteiger partial charge on any atom is 0.250 e. The van der Waals surface area contributed by atoms with E-state index in [9.17, 15) is 8.42 Å². The molecule has 1 fully saturated rings. The lowest BCUT2D eigenvalue weighted by molar-refractivity contribution is 0.384. The smallest absolute Gasteiger partial charge is 0.250 e. The summed E-state index contributed by atoms with van der Waals surface area (Å²) >= 11 is 1.30. The lowest BCUT2D eigenvalue weighted by atomic mass is 9.94. The first-order valence-corrected chi connectivity index (χ1v) is 8.78. The van der Waals surface area contributed by atoms with Crippen LogP contribution in [0, 0.1) is 0 Å². The molecule has 1 aliphatic carbocycles. The van der Waals surface area contributed by atoms with Crippen molar-refractivity contribution in [1.82, 2.24) is 10.0 Å². The lowest BCUT2D eigenvalue weighted by Gasteiger charge is -2.25. The van der Waals surface area contributed by atoms with Crippen molar-refractivity contribution >= 4 is 21.4 Å². The van der Waals surface area contributed by atoms with E-state index in [4.69, 9.17) is 0 Å². The highest BCUT2D eigenvalue weighted by Gasteiger charge is 2.25. The van der Waals surface area contributed by atoms with Crippen LogP contribution in [0.4, 0.5) is 0 Å². The van der Waals surface area contributed by atoms with E-state index < -0.39 is 10.0 Å². The van der Waals surface area contributed by atoms with E-state index >= 15 is 0 Å². The maximum atomic E-state index is 12.1. The van der Waals surface area contributed by atoms with Crippen LogP contribution >= 0.6 is 11.3 Å². The van der Waals surface area contributed by atoms with Crippen molar-refractivity contribution in [2.75, 3.05) is 6.54 Å². The van der Waals surface area contributed by atoms with E-state index in [0.717, 1.165) is 44.3 Å². The first kappa shape index (κ1) is 14.0. The molecule has 2 rings (SSSR count). The molecule has 0 amide bonds. The second-order valence-electron chi connectivity index (χ2n) is 4.70. The largest absolute Gasteiger partial charge is 0.313 e. The van der Waals surface area contributed by atoms with Crippen molar-refractivity contribution in [1.29, 1.82) is 0 Å². The minimum Gasteiger partial charge on any atom is -0.313 e. The summed E-state index contributed by atoms with van der Waals surface area (Å²) in [5, 5.41) is 5.19. The van der Waals surface area contributed by atoms with Gasteiger partial charge in [-0.3, -0.25) is 0 Å². The second kappa shape index (κ2) is 6.14. The van der Waals surface area contributed by atoms with Gasteiger partial charge in [0.2, 0.25) is 10.0 Å². The average Bonchev–Trinajstić information content (AvgIpc) is 2.74. The van der Waals surface area contributed by atoms with Crippen molar-refractivity contribution in [2.45, 2.75) is 49.4 Å². The van der Waals surface area contributed by atoms with Crippen LogP contribution in [0.2, 0.25) is 0 Å². The van der Waals surface area contributed by atoms with Gasteiger partial charge in [0.05, 0.1) is 0 Å². The third kappa shape index (κ3) is 3.54. The molecule has 6 heteroatoms. The van der Waals surface area contributed by atoms with Gasteiger partial charge in [-0.2, -0.15) is 0 Å². The Labute approximate surface area is 113 Å². The molecule has 0 bridgehead atoms. The molecule has 1 aliphatic rings. The van der Waals surface area contributed by atoms with Crippen molar-refractivity contribution in [3.63, 3.8) is 0 Å². The molecule has 1 heterocycles. The normalized spacial score (nSPS) is 16.7. The summed E-state index contributed by atoms with van der Waals surface area (Å²) in [7, 11) is -3.29. The Morgan fingerprint density at radius 2 is 2.22 bits per heavy atom. The van der Waals surface area contributed by atoms with Gasteiger partial charge < -0.3 is 5.32 Å². The predicted molar refractivity (Wildman–Crippen MR) is 74.3 cm³/mol. The van der Waals surface area contributed by atoms with Crippen molar-refractivity contribution in [2.24, 2.45) is 0 Å². The van der Waals surface area contributed by atoms with E-state index in [-0.39, 0.29) is 6.04 Å². The fraction of sp³-hybridized carbons (Fsp3) is 0.667. The van der Waals surface area contributed by atoms with Gasteiger partial charge in [0.25, 0.3) is 0 Å². The molecule has 4 nitrogen and oxygen atoms in total. The van der Waals surface area contributed by atoms with Crippen LogP contribution in [-0.2, 0) is 16.6 Å². The Kier molecular flexibility index (Phi) is 4.77. The summed E-state index contributed by atoms with van der Waals surface area (Å²) in [5.41, 5.74) is 1.04. The Hall–Kier alpha value is -0.430. The van der Waals surface area contributed by atoms with E-state index in [1.165, 1.54) is 11.3 Å². The van der Waals surface area contributed by atoms with Gasteiger partial charge in [-0.1, -0.05) is 13.3 Å². The van der Waals surface area contributed by atoms with Gasteiger partial charge in [0.1, 0.15) is 4.21 Å². The molecule has 0 unspecified atom stereocenters. The van der Waals surface area contributed by atoms with Gasteiger partial charge in [-0.05, 0) is 42.8 Å². The first-order chi connectivity index (χ1) is 8.62. The zero-order valence-corrected chi connectivity index (χ0v) is 12.2. The standard InChI is InChI=1S/C12H20N2O2S2/c1-2-6-13-8-10-7-12(17-9-10)18(15,16)14-11-4-3-5-11/h7,9,11,13-14H,2-6,8H2,1H3. The third-order valence-electron chi connectivity index (χ3n) is 3.08. The fourth-order valence-electron chi connectivity index (χ4n) is 1.80. The molecule has 0 saturated heterocycles. The molecule has 102 valence electrons. The Morgan fingerprint density at radius 1 is 1.44 bits per heavy atom. The van der Waals surface area contributed by atoms with Crippen molar-refractivity contribution in [3.8, 4) is 0 Å². The molecule has 0 radical (unpaired) electrons. The van der Waals surface area contributed by atoms with Crippen LogP contribution in [0.3, 0.4) is 0 Å². The molecule has 0 aromatic carbocycles. The van der Waals surface area contributed by atoms with Crippen LogP contribution < -0.4 is 10.0 Å². The van der Waals surface area contributed by atoms with E-state index in [1.807, 2.05) is 5.38 Å². The predicted octanol–water partition coefficient (Wildman–Crippen LogP) is 2.08. The highest BCUT2D eigenvalue weighted by Crippen LogP contribution is 2.24. The number of sulfonamides is 1. The van der Waals surface area contributed by atoms with Crippen LogP contribution in [-0.4, -0.2) is 21.0 Å². The van der Waals surface area contributed by atoms with Gasteiger partial charge in [-0.25, -0.2) is 13.1 Å². The van der Waals surface area contributed by atoms with Crippen LogP contribution in [0.5, 0.6) is 0 Å². The summed E-state index contributed by atoms with van der Waals surface area (Å²) < 4.78 is 27.3. The Balaban J connectivity index is 1.95. The minimum absolute atomic E-state index is 0.152. The van der Waals surface area contributed by atoms with E-state index in [1.54, 1.807) is 6.07 Å². The molecular weight excluding hydrogens is 268 g/mol. The van der Waals surface area contributed by atoms with Crippen molar-refractivity contribution in [3.05, 3.63) is 17.0 Å². The molecule has 0 aliphatic heterocycles. The summed E-state index contributed by atoms with van der Waals surface area (Å²) in [4.78, 5) is 0. The molecule has 0 spiro atoms. The molecule has 2 N–H and O–H groups in total. The summed E-state index contributed by atoms with van der Waals surface area (Å²) in [6.07, 6.45) is 4.15. The zero-order chi connectivity index (χ0) is 13.0. The molecule has 0 atom stereocenters. The van der Waals surface area contributed by atoms with Crippen LogP contribution in [0.15, 0.2) is 15.7 Å². The summed E-state index contributed by atoms with van der Waals surface area (Å²) in [6.45, 7) is 3.81. The number of hydrogen-bond donors (Lipinski definition) is 2. The molecular formula is C12H20N2O2S2. The third-order valence-corrected chi connectivity index (χ3v) is 6.09. The van der Waals surface area contributed by atoms with Gasteiger partial charge in [0, 0.05) is 12.6 Å². The SMILES string of the molecule is CCCNCc1csc(S(=O)(=O)NC2CCC2)c1. The Bertz CT molecular complexity index is 478. The highest BCUT2D eigenvalue weighted by atomic mass is 32.2. The van der Waals surface area contributed by atoms with Crippen molar-refractivity contribution < 1.29 is 8.42 Å². The quantitative estimate of drug-likeness (QED) is 0.755. The molecule has 1 aromatic rings. The number of rotatable bonds is 7. The first-order valence-electron chi connectivity index (χ1n) is 6.42. The van der Waals surface area contributed by atoms with E-state index in [0.29, 0.717) is 4.21 Å². The number of hydrogen-bond acceptors (Lipinski definition) is 4. The molecule has 1 saturated carbocycles. The van der Waals surface area contributed by atoms with Gasteiger partial charge >= 0.3 is 0 Å². The second-order valence-corrected chi connectivity index (χ2v) is 7.55. The molecule has 18 heavy (non-hydrogen) atoms. The average molecular weight is 288 g/mol. The summed E-state index contributed by atoms with van der Waals surface area (Å²) in [6, 6.07) is 1.92. The highest BCUT2D eigenvalue weighted by molar-refractivity contribution is 7.91. The summed E-state index contributed by atoms with van der Waals surface area (Å²) in [5.74, 6) is 0. The fourth-order valence-corrected chi connectivity index (χ4v) is 4.33. The zero-order valence-electron chi connectivity index (χ0n) is 10.6. The van der Waals surface area contributed by atoms with Gasteiger partial charge in [-0.15, -0.1) is 11.3 Å². The topological polar surface area (TPSA) is 58.2 Å². The van der Waals surface area contributed by atoms with Crippen LogP contribution in [0.1, 0.15) is 38.2 Å². The van der Waals surface area contributed by atoms with Crippen LogP contribution in [0.25, 0.3) is 0 Å². The number of nitrogens with one attached hydrogen (secondary N) is 2. The lowest BCUT2D eigenvalue weighted by Crippen LogP contribution is -2.39. The van der Waals surface area contributed by atoms with Gasteiger partial charge in [0.15, 0.2) is 0 Å². The number of thiophene rings is 1. The monoisotopic (exact) mass is 288 g/mol. The minimum atomic E-state index is -3.29. The maximum absolute atomic E-state index is 12.1. The van der Waals surface area contributed by atoms with E-state index in [2.05, 4.69) is 17.0 Å².